The first-order valence-corrected chi connectivity index (χ1v) is 12.1. The number of rotatable bonds is 5. The Balaban J connectivity index is 1.64. The minimum Gasteiger partial charge on any atom is -0.489 e. The van der Waals surface area contributed by atoms with Crippen LogP contribution in [0.1, 0.15) is 22.3 Å². The Morgan fingerprint density at radius 1 is 0.725 bits per heavy atom. The van der Waals surface area contributed by atoms with Gasteiger partial charge in [-0.05, 0) is 60.0 Å². The van der Waals surface area contributed by atoms with Crippen molar-refractivity contribution in [3.63, 3.8) is 0 Å². The van der Waals surface area contributed by atoms with Gasteiger partial charge in [0.1, 0.15) is 18.2 Å². The van der Waals surface area contributed by atoms with Crippen LogP contribution in [0.25, 0.3) is 33.2 Å². The lowest BCUT2D eigenvalue weighted by Crippen LogP contribution is -2.11. The summed E-state index contributed by atoms with van der Waals surface area (Å²) in [6.45, 7) is 1.29. The number of hydrogen-bond acceptors (Lipinski definition) is 2. The molecule has 0 atom stereocenters. The monoisotopic (exact) mass is 555 g/mol. The number of aromatic nitrogens is 1. The molecular formula is C31H20F7NO. The predicted molar refractivity (Wildman–Crippen MR) is 138 cm³/mol. The van der Waals surface area contributed by atoms with Crippen LogP contribution in [0.3, 0.4) is 0 Å². The van der Waals surface area contributed by atoms with Crippen LogP contribution in [-0.2, 0) is 19.0 Å². The number of benzene rings is 4. The number of pyridine rings is 1. The van der Waals surface area contributed by atoms with Crippen molar-refractivity contribution in [1.82, 2.24) is 4.98 Å². The summed E-state index contributed by atoms with van der Waals surface area (Å²) in [5.41, 5.74) is 0.598. The molecule has 0 fully saturated rings. The van der Waals surface area contributed by atoms with Crippen LogP contribution in [0.2, 0.25) is 0 Å². The Morgan fingerprint density at radius 3 is 2.17 bits per heavy atom. The predicted octanol–water partition coefficient (Wildman–Crippen LogP) is 9.63. The first kappa shape index (κ1) is 27.2. The molecule has 0 unspecified atom stereocenters. The Kier molecular flexibility index (Phi) is 6.99. The van der Waals surface area contributed by atoms with Crippen molar-refractivity contribution in [2.75, 3.05) is 0 Å². The summed E-state index contributed by atoms with van der Waals surface area (Å²) in [5.74, 6) is -0.686. The van der Waals surface area contributed by atoms with E-state index >= 15 is 0 Å². The Morgan fingerprint density at radius 2 is 1.45 bits per heavy atom. The summed E-state index contributed by atoms with van der Waals surface area (Å²) in [4.78, 5) is 4.20. The van der Waals surface area contributed by atoms with Gasteiger partial charge in [-0.25, -0.2) is 4.39 Å². The molecule has 0 radical (unpaired) electrons. The fourth-order valence-corrected chi connectivity index (χ4v) is 4.70. The van der Waals surface area contributed by atoms with E-state index in [9.17, 15) is 30.7 Å². The van der Waals surface area contributed by atoms with E-state index in [1.54, 1.807) is 24.3 Å². The number of fused-ring (bicyclic) bond motifs is 1. The fourth-order valence-electron chi connectivity index (χ4n) is 4.70. The highest BCUT2D eigenvalue weighted by Gasteiger charge is 2.34. The quantitative estimate of drug-likeness (QED) is 0.202. The van der Waals surface area contributed by atoms with Crippen molar-refractivity contribution in [2.24, 2.45) is 0 Å². The van der Waals surface area contributed by atoms with Gasteiger partial charge in [0, 0.05) is 28.3 Å². The molecule has 5 rings (SSSR count). The van der Waals surface area contributed by atoms with Crippen molar-refractivity contribution in [1.29, 1.82) is 0 Å². The molecule has 2 nitrogen and oxygen atoms in total. The SMILES string of the molecule is Cc1ccccc1-c1cnc2c(C(F)(F)F)cccc2c1-c1cccc(OCc2cc(F)ccc2C(F)(F)F)c1. The van der Waals surface area contributed by atoms with E-state index in [4.69, 9.17) is 4.74 Å². The lowest BCUT2D eigenvalue weighted by molar-refractivity contribution is -0.138. The molecule has 204 valence electrons. The van der Waals surface area contributed by atoms with Gasteiger partial charge in [0.05, 0.1) is 16.6 Å². The van der Waals surface area contributed by atoms with E-state index in [2.05, 4.69) is 4.98 Å². The Bertz CT molecular complexity index is 1710. The van der Waals surface area contributed by atoms with Crippen molar-refractivity contribution >= 4 is 10.9 Å². The highest BCUT2D eigenvalue weighted by atomic mass is 19.4. The number of nitrogens with zero attached hydrogens (tertiary/aromatic N) is 1. The highest BCUT2D eigenvalue weighted by molar-refractivity contribution is 6.03. The molecule has 5 aromatic rings. The summed E-state index contributed by atoms with van der Waals surface area (Å²) in [6, 6.07) is 19.6. The molecule has 1 aromatic heterocycles. The number of halogens is 7. The molecule has 0 N–H and O–H groups in total. The molecule has 0 aliphatic carbocycles. The zero-order valence-corrected chi connectivity index (χ0v) is 20.9. The van der Waals surface area contributed by atoms with E-state index < -0.39 is 35.9 Å². The van der Waals surface area contributed by atoms with E-state index in [1.165, 1.54) is 24.4 Å². The number of ether oxygens (including phenoxy) is 1. The van der Waals surface area contributed by atoms with E-state index in [-0.39, 0.29) is 22.2 Å². The van der Waals surface area contributed by atoms with E-state index in [1.807, 2.05) is 25.1 Å². The fraction of sp³-hybridized carbons (Fsp3) is 0.129. The molecule has 0 aliphatic rings. The molecular weight excluding hydrogens is 535 g/mol. The van der Waals surface area contributed by atoms with Gasteiger partial charge in [0.15, 0.2) is 0 Å². The molecule has 0 amide bonds. The molecule has 0 aliphatic heterocycles. The number of alkyl halides is 6. The molecule has 40 heavy (non-hydrogen) atoms. The van der Waals surface area contributed by atoms with Crippen LogP contribution in [0.15, 0.2) is 91.1 Å². The second-order valence-electron chi connectivity index (χ2n) is 9.18. The lowest BCUT2D eigenvalue weighted by atomic mass is 9.90. The molecule has 0 saturated carbocycles. The molecule has 4 aromatic carbocycles. The molecule has 0 bridgehead atoms. The first-order chi connectivity index (χ1) is 18.9. The normalized spacial score (nSPS) is 12.1. The third-order valence-electron chi connectivity index (χ3n) is 6.53. The van der Waals surface area contributed by atoms with E-state index in [0.717, 1.165) is 29.3 Å². The average molecular weight is 555 g/mol. The second kappa shape index (κ2) is 10.3. The van der Waals surface area contributed by atoms with Gasteiger partial charge in [0.25, 0.3) is 0 Å². The second-order valence-corrected chi connectivity index (χ2v) is 9.18. The number of hydrogen-bond donors (Lipinski definition) is 0. The van der Waals surface area contributed by atoms with Gasteiger partial charge < -0.3 is 4.74 Å². The smallest absolute Gasteiger partial charge is 0.418 e. The topological polar surface area (TPSA) is 22.1 Å². The van der Waals surface area contributed by atoms with Gasteiger partial charge in [0.2, 0.25) is 0 Å². The maximum atomic E-state index is 13.8. The summed E-state index contributed by atoms with van der Waals surface area (Å²) in [6.07, 6.45) is -7.95. The van der Waals surface area contributed by atoms with Gasteiger partial charge in [-0.3, -0.25) is 4.98 Å². The van der Waals surface area contributed by atoms with E-state index in [0.29, 0.717) is 22.8 Å². The molecule has 1 heterocycles. The van der Waals surface area contributed by atoms with Crippen LogP contribution < -0.4 is 4.74 Å². The Hall–Kier alpha value is -4.40. The van der Waals surface area contributed by atoms with Crippen molar-refractivity contribution in [3.05, 3.63) is 119 Å². The maximum absolute atomic E-state index is 13.8. The Labute approximate surface area is 224 Å². The third kappa shape index (κ3) is 5.36. The van der Waals surface area contributed by atoms with Gasteiger partial charge in [-0.15, -0.1) is 0 Å². The minimum atomic E-state index is -4.71. The maximum Gasteiger partial charge on any atom is 0.418 e. The average Bonchev–Trinajstić information content (AvgIpc) is 2.90. The summed E-state index contributed by atoms with van der Waals surface area (Å²) in [5, 5.41) is 0.247. The summed E-state index contributed by atoms with van der Waals surface area (Å²) < 4.78 is 101. The number of aryl methyl sites for hydroxylation is 1. The lowest BCUT2D eigenvalue weighted by Gasteiger charge is -2.18. The van der Waals surface area contributed by atoms with Crippen LogP contribution in [0, 0.1) is 12.7 Å². The van der Waals surface area contributed by atoms with Crippen molar-refractivity contribution in [3.8, 4) is 28.0 Å². The van der Waals surface area contributed by atoms with Crippen LogP contribution in [0.4, 0.5) is 30.7 Å². The van der Waals surface area contributed by atoms with Crippen LogP contribution >= 0.6 is 0 Å². The highest BCUT2D eigenvalue weighted by Crippen LogP contribution is 2.43. The standard InChI is InChI=1S/C31H20F7NO/c1-18-6-2-3-9-23(18)25-16-39-29-24(10-5-11-27(29)31(36,37)38)28(25)19-7-4-8-22(15-19)40-17-20-14-21(32)12-13-26(20)30(33,34)35/h2-16H,17H2,1H3. The summed E-state index contributed by atoms with van der Waals surface area (Å²) >= 11 is 0. The molecule has 0 saturated heterocycles. The summed E-state index contributed by atoms with van der Waals surface area (Å²) in [7, 11) is 0. The minimum absolute atomic E-state index is 0.155. The third-order valence-corrected chi connectivity index (χ3v) is 6.53. The molecule has 9 heteroatoms. The number of para-hydroxylation sites is 1. The molecule has 0 spiro atoms. The van der Waals surface area contributed by atoms with Crippen LogP contribution in [-0.4, -0.2) is 4.98 Å². The van der Waals surface area contributed by atoms with Crippen LogP contribution in [0.5, 0.6) is 5.75 Å². The van der Waals surface area contributed by atoms with Gasteiger partial charge >= 0.3 is 12.4 Å². The zero-order valence-electron chi connectivity index (χ0n) is 20.9. The van der Waals surface area contributed by atoms with Gasteiger partial charge in [-0.2, -0.15) is 26.3 Å². The van der Waals surface area contributed by atoms with Gasteiger partial charge in [-0.1, -0.05) is 48.5 Å². The first-order valence-electron chi connectivity index (χ1n) is 12.1. The van der Waals surface area contributed by atoms with Crippen molar-refractivity contribution in [2.45, 2.75) is 25.9 Å². The van der Waals surface area contributed by atoms with Crippen molar-refractivity contribution < 1.29 is 35.5 Å². The zero-order chi connectivity index (χ0) is 28.7. The largest absolute Gasteiger partial charge is 0.489 e.